The molecule has 1 aliphatic carbocycles. The van der Waals surface area contributed by atoms with Crippen molar-refractivity contribution in [1.82, 2.24) is 25.1 Å². The zero-order valence-electron chi connectivity index (χ0n) is 13.4. The monoisotopic (exact) mass is 355 g/mol. The Kier molecular flexibility index (Phi) is 4.36. The van der Waals surface area contributed by atoms with Crippen LogP contribution in [-0.4, -0.2) is 31.7 Å². The molecule has 0 spiro atoms. The first-order chi connectivity index (χ1) is 11.8. The number of amides is 1. The second kappa shape index (κ2) is 6.34. The van der Waals surface area contributed by atoms with Crippen molar-refractivity contribution < 1.29 is 18.0 Å². The van der Waals surface area contributed by atoms with E-state index in [2.05, 4.69) is 20.4 Å². The van der Waals surface area contributed by atoms with Gasteiger partial charge in [-0.05, 0) is 19.8 Å². The van der Waals surface area contributed by atoms with Crippen LogP contribution in [-0.2, 0) is 6.18 Å². The second-order valence-electron chi connectivity index (χ2n) is 5.98. The molecule has 25 heavy (non-hydrogen) atoms. The molecule has 2 heterocycles. The number of carbonyl (C=O) groups excluding carboxylic acids is 1. The summed E-state index contributed by atoms with van der Waals surface area (Å²) in [6.45, 7) is 1.48. The largest absolute Gasteiger partial charge is 0.434 e. The molecular weight excluding hydrogens is 339 g/mol. The fraction of sp³-hybridized carbons (Fsp3) is 0.467. The van der Waals surface area contributed by atoms with Gasteiger partial charge in [0.1, 0.15) is 0 Å². The molecular formula is C15H16F3N5O2. The number of aromatic nitrogens is 4. The predicted molar refractivity (Wildman–Crippen MR) is 81.4 cm³/mol. The predicted octanol–water partition coefficient (Wildman–Crippen LogP) is 1.96. The first-order valence-electron chi connectivity index (χ1n) is 7.80. The highest BCUT2D eigenvalue weighted by atomic mass is 19.4. The molecule has 2 N–H and O–H groups in total. The van der Waals surface area contributed by atoms with Gasteiger partial charge >= 0.3 is 6.18 Å². The van der Waals surface area contributed by atoms with Crippen molar-refractivity contribution in [2.45, 2.75) is 44.8 Å². The number of halogens is 3. The molecule has 3 rings (SSSR count). The summed E-state index contributed by atoms with van der Waals surface area (Å²) in [6, 6.07) is 1.02. The molecule has 0 atom stereocenters. The molecule has 1 amide bonds. The van der Waals surface area contributed by atoms with Gasteiger partial charge in [-0.15, -0.1) is 0 Å². The van der Waals surface area contributed by atoms with Gasteiger partial charge in [0, 0.05) is 17.8 Å². The smallest absolute Gasteiger partial charge is 0.349 e. The van der Waals surface area contributed by atoms with Crippen LogP contribution in [0.1, 0.15) is 47.4 Å². The SMILES string of the molecule is Cc1cc(=O)[nH]c(-n2ncc(C(=O)NC3CCCC3)c2C(F)(F)F)n1. The van der Waals surface area contributed by atoms with Crippen molar-refractivity contribution in [2.75, 3.05) is 0 Å². The van der Waals surface area contributed by atoms with Crippen LogP contribution in [0.3, 0.4) is 0 Å². The molecule has 0 bridgehead atoms. The van der Waals surface area contributed by atoms with E-state index in [1.165, 1.54) is 6.92 Å². The summed E-state index contributed by atoms with van der Waals surface area (Å²) in [5, 5.41) is 6.24. The van der Waals surface area contributed by atoms with E-state index in [1.807, 2.05) is 0 Å². The number of hydrogen-bond acceptors (Lipinski definition) is 4. The van der Waals surface area contributed by atoms with E-state index in [1.54, 1.807) is 0 Å². The zero-order valence-corrected chi connectivity index (χ0v) is 13.4. The van der Waals surface area contributed by atoms with Gasteiger partial charge in [-0.25, -0.2) is 4.98 Å². The van der Waals surface area contributed by atoms with Crippen molar-refractivity contribution >= 4 is 5.91 Å². The lowest BCUT2D eigenvalue weighted by Gasteiger charge is -2.14. The number of hydrogen-bond donors (Lipinski definition) is 2. The van der Waals surface area contributed by atoms with Gasteiger partial charge in [0.05, 0.1) is 11.8 Å². The van der Waals surface area contributed by atoms with Crippen LogP contribution in [0.5, 0.6) is 0 Å². The van der Waals surface area contributed by atoms with Crippen LogP contribution < -0.4 is 10.9 Å². The standard InChI is InChI=1S/C15H16F3N5O2/c1-8-6-11(24)22-14(20-8)23-12(15(16,17)18)10(7-19-23)13(25)21-9-4-2-3-5-9/h6-7,9H,2-5H2,1H3,(H,21,25)(H,20,22,24). The molecule has 0 unspecified atom stereocenters. The van der Waals surface area contributed by atoms with Crippen molar-refractivity contribution in [3.8, 4) is 5.95 Å². The number of rotatable bonds is 3. The van der Waals surface area contributed by atoms with Crippen molar-refractivity contribution in [1.29, 1.82) is 0 Å². The van der Waals surface area contributed by atoms with Crippen LogP contribution in [0.25, 0.3) is 5.95 Å². The average molecular weight is 355 g/mol. The minimum absolute atomic E-state index is 0.131. The quantitative estimate of drug-likeness (QED) is 0.880. The van der Waals surface area contributed by atoms with E-state index in [0.717, 1.165) is 37.9 Å². The summed E-state index contributed by atoms with van der Waals surface area (Å²) < 4.78 is 41.1. The van der Waals surface area contributed by atoms with Gasteiger partial charge in [0.15, 0.2) is 5.69 Å². The summed E-state index contributed by atoms with van der Waals surface area (Å²) in [5.74, 6) is -1.22. The van der Waals surface area contributed by atoms with Gasteiger partial charge in [0.25, 0.3) is 11.5 Å². The highest BCUT2D eigenvalue weighted by Crippen LogP contribution is 2.33. The lowest BCUT2D eigenvalue weighted by Crippen LogP contribution is -2.34. The number of H-pyrrole nitrogens is 1. The van der Waals surface area contributed by atoms with Gasteiger partial charge in [0.2, 0.25) is 5.95 Å². The molecule has 0 aliphatic heterocycles. The molecule has 1 aliphatic rings. The number of carbonyl (C=O) groups is 1. The lowest BCUT2D eigenvalue weighted by molar-refractivity contribution is -0.143. The van der Waals surface area contributed by atoms with E-state index in [-0.39, 0.29) is 11.7 Å². The summed E-state index contributed by atoms with van der Waals surface area (Å²) in [7, 11) is 0. The molecule has 2 aromatic heterocycles. The zero-order chi connectivity index (χ0) is 18.2. The Morgan fingerprint density at radius 3 is 2.64 bits per heavy atom. The number of alkyl halides is 3. The van der Waals surface area contributed by atoms with Crippen molar-refractivity contribution in [3.63, 3.8) is 0 Å². The maximum atomic E-state index is 13.5. The topological polar surface area (TPSA) is 92.7 Å². The Labute approximate surface area is 140 Å². The van der Waals surface area contributed by atoms with Crippen LogP contribution in [0, 0.1) is 6.92 Å². The lowest BCUT2D eigenvalue weighted by atomic mass is 10.2. The Bertz CT molecular complexity index is 850. The molecule has 0 aromatic carbocycles. The van der Waals surface area contributed by atoms with E-state index in [0.29, 0.717) is 4.68 Å². The summed E-state index contributed by atoms with van der Waals surface area (Å²) >= 11 is 0. The van der Waals surface area contributed by atoms with E-state index >= 15 is 0 Å². The van der Waals surface area contributed by atoms with Gasteiger partial charge in [-0.1, -0.05) is 12.8 Å². The van der Waals surface area contributed by atoms with Crippen LogP contribution >= 0.6 is 0 Å². The maximum absolute atomic E-state index is 13.5. The van der Waals surface area contributed by atoms with E-state index < -0.39 is 34.8 Å². The Morgan fingerprint density at radius 2 is 2.04 bits per heavy atom. The maximum Gasteiger partial charge on any atom is 0.434 e. The van der Waals surface area contributed by atoms with E-state index in [9.17, 15) is 22.8 Å². The Morgan fingerprint density at radius 1 is 1.36 bits per heavy atom. The molecule has 134 valence electrons. The number of aryl methyl sites for hydroxylation is 1. The van der Waals surface area contributed by atoms with Gasteiger partial charge in [-0.3, -0.25) is 14.6 Å². The fourth-order valence-electron chi connectivity index (χ4n) is 2.94. The van der Waals surface area contributed by atoms with Gasteiger partial charge < -0.3 is 5.32 Å². The minimum atomic E-state index is -4.85. The summed E-state index contributed by atoms with van der Waals surface area (Å²) in [5.41, 5.74) is -2.23. The fourth-order valence-corrected chi connectivity index (χ4v) is 2.94. The normalized spacial score (nSPS) is 15.5. The number of nitrogens with zero attached hydrogens (tertiary/aromatic N) is 3. The average Bonchev–Trinajstić information content (AvgIpc) is 3.14. The Balaban J connectivity index is 2.04. The summed E-state index contributed by atoms with van der Waals surface area (Å²) in [6.07, 6.45) is -0.645. The second-order valence-corrected chi connectivity index (χ2v) is 5.98. The highest BCUT2D eigenvalue weighted by Gasteiger charge is 2.41. The first kappa shape index (κ1) is 17.2. The van der Waals surface area contributed by atoms with Crippen LogP contribution in [0.15, 0.2) is 17.1 Å². The highest BCUT2D eigenvalue weighted by molar-refractivity contribution is 5.95. The van der Waals surface area contributed by atoms with Crippen molar-refractivity contribution in [3.05, 3.63) is 39.6 Å². The molecule has 2 aromatic rings. The molecule has 7 nitrogen and oxygen atoms in total. The van der Waals surface area contributed by atoms with Crippen LogP contribution in [0.2, 0.25) is 0 Å². The molecule has 0 saturated heterocycles. The minimum Gasteiger partial charge on any atom is -0.349 e. The molecule has 0 radical (unpaired) electrons. The van der Waals surface area contributed by atoms with E-state index in [4.69, 9.17) is 0 Å². The van der Waals surface area contributed by atoms with Crippen LogP contribution in [0.4, 0.5) is 13.2 Å². The number of aromatic amines is 1. The third kappa shape index (κ3) is 3.57. The summed E-state index contributed by atoms with van der Waals surface area (Å²) in [4.78, 5) is 29.9. The molecule has 1 saturated carbocycles. The first-order valence-corrected chi connectivity index (χ1v) is 7.80. The van der Waals surface area contributed by atoms with Crippen molar-refractivity contribution in [2.24, 2.45) is 0 Å². The third-order valence-electron chi connectivity index (χ3n) is 4.03. The third-order valence-corrected chi connectivity index (χ3v) is 4.03. The Hall–Kier alpha value is -2.65. The molecule has 10 heteroatoms. The molecule has 1 fully saturated rings. The number of nitrogens with one attached hydrogen (secondary N) is 2. The van der Waals surface area contributed by atoms with Gasteiger partial charge in [-0.2, -0.15) is 23.0 Å².